The number of aliphatic hydroxyl groups excluding tert-OH is 1. The van der Waals surface area contributed by atoms with Crippen molar-refractivity contribution in [3.63, 3.8) is 0 Å². The van der Waals surface area contributed by atoms with Crippen LogP contribution in [0.5, 0.6) is 0 Å². The highest BCUT2D eigenvalue weighted by Gasteiger charge is 2.43. The monoisotopic (exact) mass is 419 g/mol. The summed E-state index contributed by atoms with van der Waals surface area (Å²) in [5.41, 5.74) is 0.0637. The van der Waals surface area contributed by atoms with Crippen LogP contribution in [0.2, 0.25) is 0 Å². The second-order valence-corrected chi connectivity index (χ2v) is 6.35. The van der Waals surface area contributed by atoms with Crippen molar-refractivity contribution in [2.24, 2.45) is 0 Å². The first-order chi connectivity index (χ1) is 13.5. The van der Waals surface area contributed by atoms with E-state index < -0.39 is 37.0 Å². The van der Waals surface area contributed by atoms with Gasteiger partial charge in [-0.25, -0.2) is 4.79 Å². The molecule has 1 aromatic heterocycles. The number of alkyl halides is 3. The third kappa shape index (κ3) is 7.00. The number of hydrogen-bond donors (Lipinski definition) is 2. The SMILES string of the molecule is CCc1c(C(=O)O)ccnc1CN(CC(=O)N(C)CCCCO)C(=O)C(F)(F)F. The van der Waals surface area contributed by atoms with E-state index in [1.54, 1.807) is 6.92 Å². The molecule has 1 rings (SSSR count). The summed E-state index contributed by atoms with van der Waals surface area (Å²) in [5, 5.41) is 18.0. The van der Waals surface area contributed by atoms with E-state index in [2.05, 4.69) is 4.98 Å². The minimum atomic E-state index is -5.20. The fourth-order valence-corrected chi connectivity index (χ4v) is 2.70. The molecule has 0 saturated heterocycles. The van der Waals surface area contributed by atoms with E-state index in [9.17, 15) is 32.7 Å². The Morgan fingerprint density at radius 3 is 2.38 bits per heavy atom. The van der Waals surface area contributed by atoms with E-state index in [0.29, 0.717) is 17.7 Å². The lowest BCUT2D eigenvalue weighted by molar-refractivity contribution is -0.187. The van der Waals surface area contributed by atoms with Gasteiger partial charge in [-0.3, -0.25) is 14.6 Å². The van der Waals surface area contributed by atoms with E-state index in [4.69, 9.17) is 5.11 Å². The number of halogens is 3. The van der Waals surface area contributed by atoms with Crippen LogP contribution < -0.4 is 0 Å². The zero-order valence-corrected chi connectivity index (χ0v) is 16.2. The Balaban J connectivity index is 3.12. The van der Waals surface area contributed by atoms with Crippen molar-refractivity contribution in [1.82, 2.24) is 14.8 Å². The standard InChI is InChI=1S/C18H24F3N3O5/c1-3-12-13(16(27)28)6-7-22-14(12)10-24(17(29)18(19,20)21)11-15(26)23(2)8-4-5-9-25/h6-7,25H,3-5,8-11H2,1-2H3,(H,27,28). The number of carbonyl (C=O) groups is 3. The number of aliphatic hydroxyl groups is 1. The largest absolute Gasteiger partial charge is 0.478 e. The molecule has 2 amide bonds. The minimum absolute atomic E-state index is 0.0132. The molecule has 0 atom stereocenters. The molecule has 162 valence electrons. The number of nitrogens with zero attached hydrogens (tertiary/aromatic N) is 3. The lowest BCUT2D eigenvalue weighted by atomic mass is 10.0. The highest BCUT2D eigenvalue weighted by atomic mass is 19.4. The molecule has 1 aromatic rings. The number of aromatic nitrogens is 1. The molecule has 0 saturated carbocycles. The quantitative estimate of drug-likeness (QED) is 0.556. The van der Waals surface area contributed by atoms with Crippen LogP contribution in [0.15, 0.2) is 12.3 Å². The van der Waals surface area contributed by atoms with E-state index in [0.717, 1.165) is 6.20 Å². The Labute approximate surface area is 165 Å². The van der Waals surface area contributed by atoms with Crippen molar-refractivity contribution < 1.29 is 37.8 Å². The molecular formula is C18H24F3N3O5. The number of aromatic carboxylic acids is 1. The van der Waals surface area contributed by atoms with Gasteiger partial charge in [0, 0.05) is 26.4 Å². The molecule has 0 fully saturated rings. The fraction of sp³-hybridized carbons (Fsp3) is 0.556. The second kappa shape index (κ2) is 10.7. The summed E-state index contributed by atoms with van der Waals surface area (Å²) in [5.74, 6) is -4.19. The molecule has 0 aliphatic rings. The number of amides is 2. The summed E-state index contributed by atoms with van der Waals surface area (Å²) in [7, 11) is 1.39. The van der Waals surface area contributed by atoms with Gasteiger partial charge < -0.3 is 20.0 Å². The Kier molecular flexibility index (Phi) is 9.02. The van der Waals surface area contributed by atoms with Gasteiger partial charge >= 0.3 is 18.1 Å². The number of unbranched alkanes of at least 4 members (excludes halogenated alkanes) is 1. The van der Waals surface area contributed by atoms with Crippen LogP contribution in [-0.2, 0) is 22.6 Å². The summed E-state index contributed by atoms with van der Waals surface area (Å²) in [6, 6.07) is 1.22. The topological polar surface area (TPSA) is 111 Å². The van der Waals surface area contributed by atoms with Crippen molar-refractivity contribution in [1.29, 1.82) is 0 Å². The van der Waals surface area contributed by atoms with Crippen LogP contribution in [0.25, 0.3) is 0 Å². The van der Waals surface area contributed by atoms with Gasteiger partial charge in [0.15, 0.2) is 0 Å². The number of carboxylic acids is 1. The van der Waals surface area contributed by atoms with Gasteiger partial charge in [0.25, 0.3) is 0 Å². The Bertz CT molecular complexity index is 740. The van der Waals surface area contributed by atoms with Crippen LogP contribution in [0, 0.1) is 0 Å². The molecular weight excluding hydrogens is 395 g/mol. The summed E-state index contributed by atoms with van der Waals surface area (Å²) < 4.78 is 39.1. The molecule has 0 radical (unpaired) electrons. The molecule has 8 nitrogen and oxygen atoms in total. The Hall–Kier alpha value is -2.69. The van der Waals surface area contributed by atoms with Crippen molar-refractivity contribution in [3.05, 3.63) is 29.1 Å². The molecule has 11 heteroatoms. The summed E-state index contributed by atoms with van der Waals surface area (Å²) in [6.45, 7) is 0.254. The second-order valence-electron chi connectivity index (χ2n) is 6.35. The van der Waals surface area contributed by atoms with Gasteiger partial charge in [0.1, 0.15) is 6.54 Å². The smallest absolute Gasteiger partial charge is 0.471 e. The summed E-state index contributed by atoms with van der Waals surface area (Å²) in [6.07, 6.45) is -3.01. The van der Waals surface area contributed by atoms with Crippen LogP contribution in [0.3, 0.4) is 0 Å². The van der Waals surface area contributed by atoms with Crippen LogP contribution in [0.1, 0.15) is 41.4 Å². The number of carbonyl (C=O) groups excluding carboxylic acids is 2. The molecule has 0 aromatic carbocycles. The van der Waals surface area contributed by atoms with E-state index in [1.165, 1.54) is 18.0 Å². The van der Waals surface area contributed by atoms with Gasteiger partial charge in [0.2, 0.25) is 5.91 Å². The average Bonchev–Trinajstić information content (AvgIpc) is 2.65. The fourth-order valence-electron chi connectivity index (χ4n) is 2.70. The predicted molar refractivity (Wildman–Crippen MR) is 96.0 cm³/mol. The first-order valence-electron chi connectivity index (χ1n) is 8.93. The first-order valence-corrected chi connectivity index (χ1v) is 8.93. The van der Waals surface area contributed by atoms with Crippen molar-refractivity contribution >= 4 is 17.8 Å². The van der Waals surface area contributed by atoms with Gasteiger partial charge in [-0.05, 0) is 30.9 Å². The maximum absolute atomic E-state index is 13.0. The van der Waals surface area contributed by atoms with E-state index >= 15 is 0 Å². The maximum atomic E-state index is 13.0. The zero-order valence-electron chi connectivity index (χ0n) is 16.2. The third-order valence-corrected chi connectivity index (χ3v) is 4.25. The maximum Gasteiger partial charge on any atom is 0.471 e. The summed E-state index contributed by atoms with van der Waals surface area (Å²) in [4.78, 5) is 40.9. The lowest BCUT2D eigenvalue weighted by Gasteiger charge is -2.26. The average molecular weight is 419 g/mol. The Morgan fingerprint density at radius 1 is 1.21 bits per heavy atom. The number of hydrogen-bond acceptors (Lipinski definition) is 5. The van der Waals surface area contributed by atoms with E-state index in [1.807, 2.05) is 0 Å². The molecule has 29 heavy (non-hydrogen) atoms. The van der Waals surface area contributed by atoms with Gasteiger partial charge in [-0.15, -0.1) is 0 Å². The number of carboxylic acid groups (broad SMARTS) is 1. The zero-order chi connectivity index (χ0) is 22.2. The molecule has 0 unspecified atom stereocenters. The highest BCUT2D eigenvalue weighted by molar-refractivity contribution is 5.90. The lowest BCUT2D eigenvalue weighted by Crippen LogP contribution is -2.46. The van der Waals surface area contributed by atoms with Crippen LogP contribution in [0.4, 0.5) is 13.2 Å². The predicted octanol–water partition coefficient (Wildman–Crippen LogP) is 1.46. The molecule has 0 spiro atoms. The van der Waals surface area contributed by atoms with Crippen molar-refractivity contribution in [3.8, 4) is 0 Å². The van der Waals surface area contributed by atoms with E-state index in [-0.39, 0.29) is 36.4 Å². The molecule has 1 heterocycles. The normalized spacial score (nSPS) is 11.2. The molecule has 0 aliphatic carbocycles. The van der Waals surface area contributed by atoms with Crippen LogP contribution >= 0.6 is 0 Å². The Morgan fingerprint density at radius 2 is 1.86 bits per heavy atom. The third-order valence-electron chi connectivity index (χ3n) is 4.25. The van der Waals surface area contributed by atoms with Gasteiger partial charge in [-0.1, -0.05) is 6.92 Å². The number of pyridine rings is 1. The van der Waals surface area contributed by atoms with Gasteiger partial charge in [0.05, 0.1) is 17.8 Å². The van der Waals surface area contributed by atoms with Crippen LogP contribution in [-0.4, -0.2) is 75.7 Å². The van der Waals surface area contributed by atoms with Crippen molar-refractivity contribution in [2.45, 2.75) is 38.9 Å². The van der Waals surface area contributed by atoms with Gasteiger partial charge in [-0.2, -0.15) is 13.2 Å². The number of rotatable bonds is 10. The van der Waals surface area contributed by atoms with Crippen molar-refractivity contribution in [2.75, 3.05) is 26.7 Å². The highest BCUT2D eigenvalue weighted by Crippen LogP contribution is 2.22. The number of likely N-dealkylation sites (N-methyl/N-ethyl adjacent to an activating group) is 1. The first kappa shape index (κ1) is 24.3. The molecule has 0 aliphatic heterocycles. The minimum Gasteiger partial charge on any atom is -0.478 e. The summed E-state index contributed by atoms with van der Waals surface area (Å²) >= 11 is 0. The molecule has 0 bridgehead atoms. The molecule has 2 N–H and O–H groups in total.